The topological polar surface area (TPSA) is 90.3 Å². The van der Waals surface area contributed by atoms with Crippen LogP contribution in [-0.4, -0.2) is 24.2 Å². The van der Waals surface area contributed by atoms with Crippen molar-refractivity contribution >= 4 is 17.3 Å². The van der Waals surface area contributed by atoms with Crippen LogP contribution in [0, 0.1) is 17.2 Å². The summed E-state index contributed by atoms with van der Waals surface area (Å²) in [6, 6.07) is 6.76. The lowest BCUT2D eigenvalue weighted by Gasteiger charge is -2.25. The molecule has 96 valence electrons. The molecule has 1 unspecified atom stereocenters. The number of nitrogens with zero attached hydrogens (tertiary/aromatic N) is 2. The maximum Gasteiger partial charge on any atom is 0.335 e. The lowest BCUT2D eigenvalue weighted by atomic mass is 10.1. The summed E-state index contributed by atoms with van der Waals surface area (Å²) < 4.78 is 0. The standard InChI is InChI=1S/C13H17N3O2/c1-3-16(8-9(2)7-14)12-6-10(13(17)18)4-5-11(12)15/h4-6,9H,3,8,15H2,1-2H3,(H,17,18). The van der Waals surface area contributed by atoms with Gasteiger partial charge in [-0.15, -0.1) is 0 Å². The lowest BCUT2D eigenvalue weighted by molar-refractivity contribution is 0.0697. The van der Waals surface area contributed by atoms with E-state index in [1.807, 2.05) is 18.7 Å². The average Bonchev–Trinajstić information content (AvgIpc) is 2.36. The van der Waals surface area contributed by atoms with Crippen molar-refractivity contribution in [1.82, 2.24) is 0 Å². The summed E-state index contributed by atoms with van der Waals surface area (Å²) in [7, 11) is 0. The Hall–Kier alpha value is -2.22. The number of aromatic carboxylic acids is 1. The zero-order chi connectivity index (χ0) is 13.7. The van der Waals surface area contributed by atoms with Crippen LogP contribution in [0.15, 0.2) is 18.2 Å². The molecule has 18 heavy (non-hydrogen) atoms. The molecule has 1 aromatic carbocycles. The molecule has 0 aliphatic rings. The Morgan fingerprint density at radius 3 is 2.78 bits per heavy atom. The van der Waals surface area contributed by atoms with Crippen LogP contribution in [0.1, 0.15) is 24.2 Å². The molecule has 0 aliphatic carbocycles. The first-order valence-electron chi connectivity index (χ1n) is 5.77. The van der Waals surface area contributed by atoms with Crippen molar-refractivity contribution in [3.8, 4) is 6.07 Å². The molecule has 0 aliphatic heterocycles. The molecule has 0 fully saturated rings. The fourth-order valence-corrected chi connectivity index (χ4v) is 1.72. The number of hydrogen-bond acceptors (Lipinski definition) is 4. The molecule has 5 nitrogen and oxygen atoms in total. The average molecular weight is 247 g/mol. The molecule has 3 N–H and O–H groups in total. The first kappa shape index (κ1) is 13.8. The van der Waals surface area contributed by atoms with Gasteiger partial charge in [0.1, 0.15) is 0 Å². The molecule has 0 saturated heterocycles. The minimum Gasteiger partial charge on any atom is -0.478 e. The van der Waals surface area contributed by atoms with Crippen molar-refractivity contribution in [3.63, 3.8) is 0 Å². The summed E-state index contributed by atoms with van der Waals surface area (Å²) in [6.45, 7) is 4.95. The van der Waals surface area contributed by atoms with Crippen LogP contribution in [-0.2, 0) is 0 Å². The minimum atomic E-state index is -0.986. The molecule has 1 rings (SSSR count). The van der Waals surface area contributed by atoms with E-state index in [0.717, 1.165) is 0 Å². The van der Waals surface area contributed by atoms with E-state index < -0.39 is 5.97 Å². The van der Waals surface area contributed by atoms with Crippen LogP contribution in [0.2, 0.25) is 0 Å². The van der Waals surface area contributed by atoms with Gasteiger partial charge in [-0.3, -0.25) is 0 Å². The predicted molar refractivity (Wildman–Crippen MR) is 70.5 cm³/mol. The smallest absolute Gasteiger partial charge is 0.335 e. The lowest BCUT2D eigenvalue weighted by Crippen LogP contribution is -2.28. The highest BCUT2D eigenvalue weighted by Crippen LogP contribution is 2.25. The molecular formula is C13H17N3O2. The number of anilines is 2. The Bertz CT molecular complexity index is 480. The predicted octanol–water partition coefficient (Wildman–Crippen LogP) is 1.95. The second-order valence-corrected chi connectivity index (χ2v) is 4.15. The van der Waals surface area contributed by atoms with E-state index in [1.54, 1.807) is 12.1 Å². The number of nitrogen functional groups attached to an aromatic ring is 1. The Kier molecular flexibility index (Phi) is 4.55. The third-order valence-electron chi connectivity index (χ3n) is 2.71. The fraction of sp³-hybridized carbons (Fsp3) is 0.385. The van der Waals surface area contributed by atoms with Gasteiger partial charge >= 0.3 is 5.97 Å². The van der Waals surface area contributed by atoms with Crippen molar-refractivity contribution in [2.75, 3.05) is 23.7 Å². The monoisotopic (exact) mass is 247 g/mol. The van der Waals surface area contributed by atoms with Crippen molar-refractivity contribution in [2.24, 2.45) is 5.92 Å². The number of benzene rings is 1. The van der Waals surface area contributed by atoms with Crippen LogP contribution < -0.4 is 10.6 Å². The molecule has 5 heteroatoms. The van der Waals surface area contributed by atoms with Gasteiger partial charge in [0, 0.05) is 13.1 Å². The van der Waals surface area contributed by atoms with Crippen molar-refractivity contribution < 1.29 is 9.90 Å². The van der Waals surface area contributed by atoms with E-state index in [1.165, 1.54) is 6.07 Å². The van der Waals surface area contributed by atoms with Gasteiger partial charge in [-0.2, -0.15) is 5.26 Å². The van der Waals surface area contributed by atoms with Gasteiger partial charge in [0.2, 0.25) is 0 Å². The molecule has 0 spiro atoms. The van der Waals surface area contributed by atoms with Crippen LogP contribution in [0.25, 0.3) is 0 Å². The number of nitrogens with two attached hydrogens (primary N) is 1. The van der Waals surface area contributed by atoms with E-state index in [2.05, 4.69) is 6.07 Å². The van der Waals surface area contributed by atoms with Gasteiger partial charge in [-0.1, -0.05) is 0 Å². The summed E-state index contributed by atoms with van der Waals surface area (Å²) in [5.41, 5.74) is 7.25. The maximum atomic E-state index is 10.9. The molecule has 0 radical (unpaired) electrons. The Morgan fingerprint density at radius 1 is 1.61 bits per heavy atom. The van der Waals surface area contributed by atoms with Gasteiger partial charge in [-0.05, 0) is 32.0 Å². The molecule has 0 heterocycles. The molecule has 0 aromatic heterocycles. The molecule has 1 aromatic rings. The van der Waals surface area contributed by atoms with E-state index >= 15 is 0 Å². The third kappa shape index (κ3) is 3.14. The highest BCUT2D eigenvalue weighted by Gasteiger charge is 2.14. The largest absolute Gasteiger partial charge is 0.478 e. The zero-order valence-electron chi connectivity index (χ0n) is 10.6. The van der Waals surface area contributed by atoms with Crippen molar-refractivity contribution in [2.45, 2.75) is 13.8 Å². The number of carboxylic acid groups (broad SMARTS) is 1. The summed E-state index contributed by atoms with van der Waals surface area (Å²) in [4.78, 5) is 12.9. The second-order valence-electron chi connectivity index (χ2n) is 4.15. The molecular weight excluding hydrogens is 230 g/mol. The number of carboxylic acids is 1. The summed E-state index contributed by atoms with van der Waals surface area (Å²) >= 11 is 0. The van der Waals surface area contributed by atoms with Gasteiger partial charge in [0.25, 0.3) is 0 Å². The minimum absolute atomic E-state index is 0.141. The van der Waals surface area contributed by atoms with Crippen LogP contribution >= 0.6 is 0 Å². The number of hydrogen-bond donors (Lipinski definition) is 2. The van der Waals surface area contributed by atoms with Gasteiger partial charge < -0.3 is 15.7 Å². The third-order valence-corrected chi connectivity index (χ3v) is 2.71. The van der Waals surface area contributed by atoms with Gasteiger partial charge in [0.05, 0.1) is 28.9 Å². The van der Waals surface area contributed by atoms with Gasteiger partial charge in [-0.25, -0.2) is 4.79 Å². The quantitative estimate of drug-likeness (QED) is 0.776. The van der Waals surface area contributed by atoms with Crippen LogP contribution in [0.3, 0.4) is 0 Å². The normalized spacial score (nSPS) is 11.6. The number of carbonyl (C=O) groups is 1. The van der Waals surface area contributed by atoms with E-state index in [-0.39, 0.29) is 11.5 Å². The van der Waals surface area contributed by atoms with Crippen LogP contribution in [0.5, 0.6) is 0 Å². The molecule has 0 saturated carbocycles. The maximum absolute atomic E-state index is 10.9. The SMILES string of the molecule is CCN(CC(C)C#N)c1cc(C(=O)O)ccc1N. The first-order chi connectivity index (χ1) is 8.49. The van der Waals surface area contributed by atoms with Crippen LogP contribution in [0.4, 0.5) is 11.4 Å². The van der Waals surface area contributed by atoms with Crippen molar-refractivity contribution in [1.29, 1.82) is 5.26 Å². The second kappa shape index (κ2) is 5.92. The van der Waals surface area contributed by atoms with E-state index in [4.69, 9.17) is 16.1 Å². The summed E-state index contributed by atoms with van der Waals surface area (Å²) in [6.07, 6.45) is 0. The highest BCUT2D eigenvalue weighted by atomic mass is 16.4. The zero-order valence-corrected chi connectivity index (χ0v) is 10.6. The summed E-state index contributed by atoms with van der Waals surface area (Å²) in [5.74, 6) is -1.13. The van der Waals surface area contributed by atoms with Gasteiger partial charge in [0.15, 0.2) is 0 Å². The Morgan fingerprint density at radius 2 is 2.28 bits per heavy atom. The van der Waals surface area contributed by atoms with E-state index in [0.29, 0.717) is 24.5 Å². The van der Waals surface area contributed by atoms with E-state index in [9.17, 15) is 4.79 Å². The number of nitriles is 1. The highest BCUT2D eigenvalue weighted by molar-refractivity contribution is 5.90. The fourth-order valence-electron chi connectivity index (χ4n) is 1.72. The number of rotatable bonds is 5. The molecule has 0 amide bonds. The Labute approximate surface area is 106 Å². The Balaban J connectivity index is 3.08. The molecule has 0 bridgehead atoms. The first-order valence-corrected chi connectivity index (χ1v) is 5.77. The van der Waals surface area contributed by atoms with Crippen molar-refractivity contribution in [3.05, 3.63) is 23.8 Å². The summed E-state index contributed by atoms with van der Waals surface area (Å²) in [5, 5.41) is 17.8. The molecule has 1 atom stereocenters.